The predicted octanol–water partition coefficient (Wildman–Crippen LogP) is 2.71. The normalized spacial score (nSPS) is 11.1. The third-order valence-electron chi connectivity index (χ3n) is 2.95. The van der Waals surface area contributed by atoms with Crippen LogP contribution in [-0.4, -0.2) is 21.8 Å². The molecule has 0 atom stereocenters. The number of methoxy groups -OCH3 is 1. The highest BCUT2D eigenvalue weighted by molar-refractivity contribution is 7.90. The fourth-order valence-corrected chi connectivity index (χ4v) is 2.84. The van der Waals surface area contributed by atoms with Crippen LogP contribution in [0.3, 0.4) is 0 Å². The zero-order valence-corrected chi connectivity index (χ0v) is 12.3. The van der Waals surface area contributed by atoms with Gasteiger partial charge in [0.25, 0.3) is 0 Å². The highest BCUT2D eigenvalue weighted by atomic mass is 32.2. The Morgan fingerprint density at radius 3 is 2.40 bits per heavy atom. The molecular weight excluding hydrogens is 274 g/mol. The molecule has 0 aromatic heterocycles. The Labute approximate surface area is 119 Å². The number of rotatable bonds is 5. The van der Waals surface area contributed by atoms with Gasteiger partial charge < -0.3 is 10.1 Å². The molecular formula is C15H17NO3S. The quantitative estimate of drug-likeness (QED) is 0.920. The van der Waals surface area contributed by atoms with Crippen LogP contribution in [0, 0.1) is 0 Å². The first-order valence-corrected chi connectivity index (χ1v) is 8.06. The van der Waals surface area contributed by atoms with E-state index in [0.717, 1.165) is 11.3 Å². The van der Waals surface area contributed by atoms with Crippen LogP contribution >= 0.6 is 0 Å². The van der Waals surface area contributed by atoms with E-state index < -0.39 is 9.84 Å². The maximum absolute atomic E-state index is 11.7. The SMILES string of the molecule is COc1ccccc1CNc1ccccc1S(C)(=O)=O. The second-order valence-corrected chi connectivity index (χ2v) is 6.42. The molecule has 4 nitrogen and oxygen atoms in total. The lowest BCUT2D eigenvalue weighted by Gasteiger charge is -2.12. The smallest absolute Gasteiger partial charge is 0.177 e. The van der Waals surface area contributed by atoms with Crippen molar-refractivity contribution < 1.29 is 13.2 Å². The molecule has 2 aromatic rings. The standard InChI is InChI=1S/C15H17NO3S/c1-19-14-9-5-3-7-12(14)11-16-13-8-4-6-10-15(13)20(2,17)18/h3-10,16H,11H2,1-2H3. The van der Waals surface area contributed by atoms with Gasteiger partial charge in [0.15, 0.2) is 9.84 Å². The van der Waals surface area contributed by atoms with Crippen molar-refractivity contribution in [1.29, 1.82) is 0 Å². The number of hydrogen-bond acceptors (Lipinski definition) is 4. The molecule has 0 aliphatic carbocycles. The molecule has 5 heteroatoms. The van der Waals surface area contributed by atoms with Gasteiger partial charge in [0.2, 0.25) is 0 Å². The van der Waals surface area contributed by atoms with Crippen LogP contribution in [0.1, 0.15) is 5.56 Å². The van der Waals surface area contributed by atoms with Crippen molar-refractivity contribution in [2.75, 3.05) is 18.7 Å². The van der Waals surface area contributed by atoms with Gasteiger partial charge in [0.05, 0.1) is 17.7 Å². The van der Waals surface area contributed by atoms with E-state index in [9.17, 15) is 8.42 Å². The van der Waals surface area contributed by atoms with Gasteiger partial charge in [-0.3, -0.25) is 0 Å². The third kappa shape index (κ3) is 3.30. The zero-order chi connectivity index (χ0) is 14.6. The minimum atomic E-state index is -3.25. The molecule has 0 aliphatic rings. The minimum absolute atomic E-state index is 0.301. The molecule has 0 heterocycles. The molecule has 2 aromatic carbocycles. The van der Waals surface area contributed by atoms with Crippen LogP contribution in [0.4, 0.5) is 5.69 Å². The fourth-order valence-electron chi connectivity index (χ4n) is 1.98. The lowest BCUT2D eigenvalue weighted by Crippen LogP contribution is -2.06. The highest BCUT2D eigenvalue weighted by Crippen LogP contribution is 2.23. The van der Waals surface area contributed by atoms with E-state index in [1.807, 2.05) is 24.3 Å². The fraction of sp³-hybridized carbons (Fsp3) is 0.200. The lowest BCUT2D eigenvalue weighted by molar-refractivity contribution is 0.410. The average molecular weight is 291 g/mol. The number of hydrogen-bond donors (Lipinski definition) is 1. The highest BCUT2D eigenvalue weighted by Gasteiger charge is 2.12. The molecule has 0 aliphatic heterocycles. The summed E-state index contributed by atoms with van der Waals surface area (Å²) in [5.41, 5.74) is 1.57. The molecule has 0 bridgehead atoms. The number of sulfone groups is 1. The van der Waals surface area contributed by atoms with E-state index in [1.54, 1.807) is 31.4 Å². The van der Waals surface area contributed by atoms with Crippen LogP contribution in [-0.2, 0) is 16.4 Å². The summed E-state index contributed by atoms with van der Waals surface area (Å²) in [6.45, 7) is 0.497. The van der Waals surface area contributed by atoms with Gasteiger partial charge in [0.1, 0.15) is 5.75 Å². The summed E-state index contributed by atoms with van der Waals surface area (Å²) in [5.74, 6) is 0.775. The van der Waals surface area contributed by atoms with Crippen LogP contribution in [0.25, 0.3) is 0 Å². The second-order valence-electron chi connectivity index (χ2n) is 4.43. The van der Waals surface area contributed by atoms with E-state index in [0.29, 0.717) is 17.1 Å². The summed E-state index contributed by atoms with van der Waals surface area (Å²) in [4.78, 5) is 0.301. The first kappa shape index (κ1) is 14.4. The summed E-state index contributed by atoms with van der Waals surface area (Å²) in [7, 11) is -1.63. The van der Waals surface area contributed by atoms with Crippen molar-refractivity contribution in [2.45, 2.75) is 11.4 Å². The van der Waals surface area contributed by atoms with Gasteiger partial charge in [-0.1, -0.05) is 30.3 Å². The van der Waals surface area contributed by atoms with Crippen molar-refractivity contribution in [3.05, 3.63) is 54.1 Å². The maximum atomic E-state index is 11.7. The summed E-state index contributed by atoms with van der Waals surface area (Å²) in [5, 5.41) is 3.15. The average Bonchev–Trinajstić information content (AvgIpc) is 2.44. The number of anilines is 1. The Morgan fingerprint density at radius 2 is 1.70 bits per heavy atom. The zero-order valence-electron chi connectivity index (χ0n) is 11.5. The van der Waals surface area contributed by atoms with Crippen molar-refractivity contribution >= 4 is 15.5 Å². The Kier molecular flexibility index (Phi) is 4.29. The van der Waals surface area contributed by atoms with Gasteiger partial charge in [-0.05, 0) is 18.2 Å². The summed E-state index contributed by atoms with van der Waals surface area (Å²) in [6.07, 6.45) is 1.20. The largest absolute Gasteiger partial charge is 0.496 e. The van der Waals surface area contributed by atoms with Crippen LogP contribution < -0.4 is 10.1 Å². The lowest BCUT2D eigenvalue weighted by atomic mass is 10.2. The summed E-state index contributed by atoms with van der Waals surface area (Å²) >= 11 is 0. The number of ether oxygens (including phenoxy) is 1. The number of para-hydroxylation sites is 2. The molecule has 2 rings (SSSR count). The first-order chi connectivity index (χ1) is 9.52. The van der Waals surface area contributed by atoms with Gasteiger partial charge >= 0.3 is 0 Å². The third-order valence-corrected chi connectivity index (χ3v) is 4.10. The Balaban J connectivity index is 2.24. The monoisotopic (exact) mass is 291 g/mol. The van der Waals surface area contributed by atoms with E-state index in [2.05, 4.69) is 5.32 Å². The Bertz CT molecular complexity index is 696. The molecule has 0 saturated heterocycles. The van der Waals surface area contributed by atoms with Gasteiger partial charge in [-0.15, -0.1) is 0 Å². The van der Waals surface area contributed by atoms with Crippen molar-refractivity contribution in [1.82, 2.24) is 0 Å². The number of benzene rings is 2. The van der Waals surface area contributed by atoms with E-state index >= 15 is 0 Å². The first-order valence-electron chi connectivity index (χ1n) is 6.17. The molecule has 0 unspecified atom stereocenters. The van der Waals surface area contributed by atoms with Crippen LogP contribution in [0.15, 0.2) is 53.4 Å². The Hall–Kier alpha value is -2.01. The van der Waals surface area contributed by atoms with E-state index in [-0.39, 0.29) is 0 Å². The molecule has 0 fully saturated rings. The van der Waals surface area contributed by atoms with Crippen molar-refractivity contribution in [2.24, 2.45) is 0 Å². The predicted molar refractivity (Wildman–Crippen MR) is 79.9 cm³/mol. The van der Waals surface area contributed by atoms with Gasteiger partial charge in [0, 0.05) is 18.4 Å². The van der Waals surface area contributed by atoms with Crippen molar-refractivity contribution in [3.8, 4) is 5.75 Å². The molecule has 20 heavy (non-hydrogen) atoms. The molecule has 0 saturated carbocycles. The van der Waals surface area contributed by atoms with E-state index in [4.69, 9.17) is 4.74 Å². The minimum Gasteiger partial charge on any atom is -0.496 e. The molecule has 0 spiro atoms. The molecule has 106 valence electrons. The van der Waals surface area contributed by atoms with E-state index in [1.165, 1.54) is 6.26 Å². The van der Waals surface area contributed by atoms with Gasteiger partial charge in [-0.25, -0.2) is 8.42 Å². The molecule has 0 radical (unpaired) electrons. The molecule has 1 N–H and O–H groups in total. The summed E-state index contributed by atoms with van der Waals surface area (Å²) in [6, 6.07) is 14.5. The van der Waals surface area contributed by atoms with Crippen LogP contribution in [0.5, 0.6) is 5.75 Å². The maximum Gasteiger partial charge on any atom is 0.177 e. The van der Waals surface area contributed by atoms with Gasteiger partial charge in [-0.2, -0.15) is 0 Å². The second kappa shape index (κ2) is 5.96. The Morgan fingerprint density at radius 1 is 1.05 bits per heavy atom. The van der Waals surface area contributed by atoms with Crippen molar-refractivity contribution in [3.63, 3.8) is 0 Å². The summed E-state index contributed by atoms with van der Waals surface area (Å²) < 4.78 is 28.7. The number of nitrogens with one attached hydrogen (secondary N) is 1. The molecule has 0 amide bonds. The topological polar surface area (TPSA) is 55.4 Å². The van der Waals surface area contributed by atoms with Crippen LogP contribution in [0.2, 0.25) is 0 Å².